The second kappa shape index (κ2) is 7.49. The number of phenolic OH excluding ortho intramolecular Hbond substituents is 1. The number of quaternary nitrogens is 1. The number of nitrogens with zero attached hydrogens (tertiary/aromatic N) is 4. The lowest BCUT2D eigenvalue weighted by Gasteiger charge is -2.32. The molecule has 7 heteroatoms. The van der Waals surface area contributed by atoms with E-state index in [9.17, 15) is 5.11 Å². The largest absolute Gasteiger partial charge is 0.508 e. The molecule has 134 valence electrons. The van der Waals surface area contributed by atoms with Crippen molar-refractivity contribution in [3.05, 3.63) is 35.7 Å². The summed E-state index contributed by atoms with van der Waals surface area (Å²) >= 11 is 0. The van der Waals surface area contributed by atoms with Crippen LogP contribution in [0.15, 0.2) is 24.3 Å². The predicted molar refractivity (Wildman–Crippen MR) is 91.4 cm³/mol. The molecule has 2 fully saturated rings. The molecule has 0 unspecified atom stereocenters. The summed E-state index contributed by atoms with van der Waals surface area (Å²) in [7, 11) is 0. The fraction of sp³-hybridized carbons (Fsp3) is 0.611. The van der Waals surface area contributed by atoms with Gasteiger partial charge in [0.15, 0.2) is 6.04 Å². The highest BCUT2D eigenvalue weighted by Gasteiger charge is 2.34. The Morgan fingerprint density at radius 3 is 2.52 bits per heavy atom. The van der Waals surface area contributed by atoms with Crippen molar-refractivity contribution in [2.45, 2.75) is 44.2 Å². The first-order chi connectivity index (χ1) is 12.3. The van der Waals surface area contributed by atoms with Crippen molar-refractivity contribution in [3.8, 4) is 5.75 Å². The fourth-order valence-corrected chi connectivity index (χ4v) is 4.13. The van der Waals surface area contributed by atoms with Crippen molar-refractivity contribution < 1.29 is 14.7 Å². The van der Waals surface area contributed by atoms with E-state index in [1.165, 1.54) is 24.2 Å². The third-order valence-corrected chi connectivity index (χ3v) is 5.47. The van der Waals surface area contributed by atoms with Gasteiger partial charge in [-0.2, -0.15) is 0 Å². The maximum atomic E-state index is 9.67. The molecule has 1 aliphatic heterocycles. The Hall–Kier alpha value is -1.99. The Morgan fingerprint density at radius 2 is 1.80 bits per heavy atom. The third-order valence-electron chi connectivity index (χ3n) is 5.47. The summed E-state index contributed by atoms with van der Waals surface area (Å²) in [6, 6.07) is 7.94. The van der Waals surface area contributed by atoms with E-state index in [1.807, 2.05) is 12.1 Å². The van der Waals surface area contributed by atoms with Crippen molar-refractivity contribution in [3.63, 3.8) is 0 Å². The van der Waals surface area contributed by atoms with Crippen LogP contribution in [-0.4, -0.2) is 51.6 Å². The highest BCUT2D eigenvalue weighted by Crippen LogP contribution is 2.30. The molecule has 4 rings (SSSR count). The molecule has 2 aliphatic rings. The highest BCUT2D eigenvalue weighted by molar-refractivity contribution is 5.29. The molecule has 0 amide bonds. The maximum Gasteiger partial charge on any atom is 0.214 e. The number of morpholine rings is 1. The van der Waals surface area contributed by atoms with Crippen LogP contribution in [0.4, 0.5) is 0 Å². The van der Waals surface area contributed by atoms with Gasteiger partial charge in [0, 0.05) is 5.56 Å². The molecule has 1 aliphatic carbocycles. The Kier molecular flexibility index (Phi) is 4.94. The summed E-state index contributed by atoms with van der Waals surface area (Å²) in [4.78, 5) is 1.42. The van der Waals surface area contributed by atoms with Gasteiger partial charge in [0.2, 0.25) is 5.82 Å². The molecule has 7 nitrogen and oxygen atoms in total. The molecule has 0 bridgehead atoms. The van der Waals surface area contributed by atoms with Crippen LogP contribution in [-0.2, 0) is 4.74 Å². The van der Waals surface area contributed by atoms with Gasteiger partial charge in [-0.1, -0.05) is 19.3 Å². The number of hydrogen-bond donors (Lipinski definition) is 2. The zero-order chi connectivity index (χ0) is 17.1. The van der Waals surface area contributed by atoms with E-state index in [2.05, 4.69) is 20.2 Å². The topological polar surface area (TPSA) is 77.5 Å². The second-order valence-electron chi connectivity index (χ2n) is 7.07. The van der Waals surface area contributed by atoms with E-state index in [-0.39, 0.29) is 11.8 Å². The van der Waals surface area contributed by atoms with Crippen LogP contribution in [0.2, 0.25) is 0 Å². The summed E-state index contributed by atoms with van der Waals surface area (Å²) < 4.78 is 7.62. The van der Waals surface area contributed by atoms with Gasteiger partial charge in [-0.05, 0) is 47.5 Å². The maximum absolute atomic E-state index is 9.67. The first-order valence-electron chi connectivity index (χ1n) is 9.32. The van der Waals surface area contributed by atoms with Crippen molar-refractivity contribution in [2.24, 2.45) is 0 Å². The Bertz CT molecular complexity index is 675. The minimum atomic E-state index is 0.0708. The molecule has 1 saturated heterocycles. The van der Waals surface area contributed by atoms with Crippen LogP contribution in [0.25, 0.3) is 0 Å². The van der Waals surface area contributed by atoms with E-state index in [0.29, 0.717) is 6.04 Å². The number of rotatable bonds is 4. The van der Waals surface area contributed by atoms with Crippen molar-refractivity contribution in [1.29, 1.82) is 0 Å². The first-order valence-corrected chi connectivity index (χ1v) is 9.32. The van der Waals surface area contributed by atoms with Gasteiger partial charge in [0.25, 0.3) is 0 Å². The average molecular weight is 344 g/mol. The van der Waals surface area contributed by atoms with Gasteiger partial charge in [-0.15, -0.1) is 5.10 Å². The number of nitrogens with one attached hydrogen (secondary N) is 1. The summed E-state index contributed by atoms with van der Waals surface area (Å²) in [6.45, 7) is 3.38. The number of phenols is 1. The van der Waals surface area contributed by atoms with E-state index in [0.717, 1.165) is 50.5 Å². The van der Waals surface area contributed by atoms with Crippen LogP contribution in [0.3, 0.4) is 0 Å². The zero-order valence-electron chi connectivity index (χ0n) is 14.5. The van der Waals surface area contributed by atoms with Gasteiger partial charge in [-0.25, -0.2) is 4.68 Å². The normalized spacial score (nSPS) is 21.3. The molecule has 0 radical (unpaired) electrons. The van der Waals surface area contributed by atoms with Crippen LogP contribution >= 0.6 is 0 Å². The molecule has 1 aromatic carbocycles. The van der Waals surface area contributed by atoms with E-state index < -0.39 is 0 Å². The van der Waals surface area contributed by atoms with E-state index >= 15 is 0 Å². The monoisotopic (exact) mass is 344 g/mol. The third kappa shape index (κ3) is 3.52. The van der Waals surface area contributed by atoms with Crippen molar-refractivity contribution >= 4 is 0 Å². The van der Waals surface area contributed by atoms with E-state index in [1.54, 1.807) is 12.1 Å². The van der Waals surface area contributed by atoms with Crippen molar-refractivity contribution in [2.75, 3.05) is 26.3 Å². The number of aromatic nitrogens is 4. The smallest absolute Gasteiger partial charge is 0.214 e. The Morgan fingerprint density at radius 1 is 1.08 bits per heavy atom. The lowest BCUT2D eigenvalue weighted by molar-refractivity contribution is -0.933. The first kappa shape index (κ1) is 16.5. The molecule has 0 spiro atoms. The van der Waals surface area contributed by atoms with Gasteiger partial charge >= 0.3 is 0 Å². The molecular weight excluding hydrogens is 318 g/mol. The van der Waals surface area contributed by atoms with Gasteiger partial charge in [-0.3, -0.25) is 0 Å². The van der Waals surface area contributed by atoms with Crippen LogP contribution in [0.1, 0.15) is 55.6 Å². The minimum absolute atomic E-state index is 0.0708. The van der Waals surface area contributed by atoms with Crippen LogP contribution < -0.4 is 4.90 Å². The Labute approximate surface area is 147 Å². The number of tetrazole rings is 1. The minimum Gasteiger partial charge on any atom is -0.508 e. The lowest BCUT2D eigenvalue weighted by atomic mass is 9.95. The summed E-state index contributed by atoms with van der Waals surface area (Å²) in [5.74, 6) is 1.22. The molecule has 25 heavy (non-hydrogen) atoms. The quantitative estimate of drug-likeness (QED) is 0.861. The van der Waals surface area contributed by atoms with Crippen LogP contribution in [0.5, 0.6) is 5.75 Å². The summed E-state index contributed by atoms with van der Waals surface area (Å²) in [6.07, 6.45) is 6.11. The zero-order valence-corrected chi connectivity index (χ0v) is 14.5. The Balaban J connectivity index is 1.70. The lowest BCUT2D eigenvalue weighted by Crippen LogP contribution is -3.14. The number of benzene rings is 1. The SMILES string of the molecule is Oc1ccc([C@H](c2nnnn2C2CCCCC2)[NH+]2CCOCC2)cc1. The molecule has 1 atom stereocenters. The van der Waals surface area contributed by atoms with Gasteiger partial charge in [0.1, 0.15) is 18.8 Å². The van der Waals surface area contributed by atoms with E-state index in [4.69, 9.17) is 4.74 Å². The number of hydrogen-bond acceptors (Lipinski definition) is 5. The molecule has 2 N–H and O–H groups in total. The molecule has 1 aromatic heterocycles. The van der Waals surface area contributed by atoms with Gasteiger partial charge in [0.05, 0.1) is 19.3 Å². The fourth-order valence-electron chi connectivity index (χ4n) is 4.13. The predicted octanol–water partition coefficient (Wildman–Crippen LogP) is 0.888. The van der Waals surface area contributed by atoms with Crippen LogP contribution in [0, 0.1) is 0 Å². The average Bonchev–Trinajstić information content (AvgIpc) is 3.14. The molecule has 2 heterocycles. The molecule has 2 aromatic rings. The van der Waals surface area contributed by atoms with Crippen molar-refractivity contribution in [1.82, 2.24) is 20.2 Å². The summed E-state index contributed by atoms with van der Waals surface area (Å²) in [5.41, 5.74) is 1.14. The number of aromatic hydroxyl groups is 1. The second-order valence-corrected chi connectivity index (χ2v) is 7.07. The highest BCUT2D eigenvalue weighted by atomic mass is 16.5. The standard InChI is InChI=1S/C18H25N5O2/c24-16-8-6-14(7-9-16)17(22-10-12-25-13-11-22)18-19-20-21-23(18)15-4-2-1-3-5-15/h6-9,15,17,24H,1-5,10-13H2/p+1/t17-/m1/s1. The summed E-state index contributed by atoms with van der Waals surface area (Å²) in [5, 5.41) is 22.5. The van der Waals surface area contributed by atoms with Gasteiger partial charge < -0.3 is 14.7 Å². The molecular formula is C18H26N5O2+. The molecule has 1 saturated carbocycles. The number of ether oxygens (including phenoxy) is 1.